The Hall–Kier alpha value is -1.44. The van der Waals surface area contributed by atoms with Gasteiger partial charge in [0.15, 0.2) is 0 Å². The molecule has 1 aromatic heterocycles. The molecule has 7 nitrogen and oxygen atoms in total. The SMILES string of the molecule is CNc1nc(NCC(C)S(C)=O)nc(OC)n1. The molecule has 17 heavy (non-hydrogen) atoms. The number of anilines is 2. The molecule has 8 heteroatoms. The summed E-state index contributed by atoms with van der Waals surface area (Å²) < 4.78 is 16.1. The lowest BCUT2D eigenvalue weighted by atomic mass is 10.5. The Morgan fingerprint density at radius 1 is 1.35 bits per heavy atom. The minimum Gasteiger partial charge on any atom is -0.467 e. The molecule has 0 saturated carbocycles. The van der Waals surface area contributed by atoms with Gasteiger partial charge in [-0.25, -0.2) is 0 Å². The minimum absolute atomic E-state index is 0.0239. The van der Waals surface area contributed by atoms with Crippen LogP contribution in [0.1, 0.15) is 6.92 Å². The number of hydrogen-bond acceptors (Lipinski definition) is 7. The van der Waals surface area contributed by atoms with Crippen molar-refractivity contribution in [3.63, 3.8) is 0 Å². The molecule has 2 atom stereocenters. The molecule has 0 saturated heterocycles. The van der Waals surface area contributed by atoms with Gasteiger partial charge in [-0.15, -0.1) is 0 Å². The van der Waals surface area contributed by atoms with E-state index in [-0.39, 0.29) is 11.3 Å². The highest BCUT2D eigenvalue weighted by Gasteiger charge is 2.09. The second-order valence-electron chi connectivity index (χ2n) is 3.41. The van der Waals surface area contributed by atoms with E-state index in [9.17, 15) is 4.21 Å². The summed E-state index contributed by atoms with van der Waals surface area (Å²) in [6.45, 7) is 2.42. The average molecular weight is 259 g/mol. The fourth-order valence-electron chi connectivity index (χ4n) is 0.991. The maximum atomic E-state index is 11.2. The average Bonchev–Trinajstić information content (AvgIpc) is 2.35. The van der Waals surface area contributed by atoms with Crippen molar-refractivity contribution in [3.8, 4) is 6.01 Å². The lowest BCUT2D eigenvalue weighted by Crippen LogP contribution is -2.22. The van der Waals surface area contributed by atoms with E-state index < -0.39 is 10.8 Å². The molecule has 0 aliphatic rings. The Labute approximate surface area is 103 Å². The Kier molecular flexibility index (Phi) is 5.08. The summed E-state index contributed by atoms with van der Waals surface area (Å²) in [5.41, 5.74) is 0. The first-order valence-corrected chi connectivity index (χ1v) is 6.73. The Bertz CT molecular complexity index is 379. The minimum atomic E-state index is -0.879. The third-order valence-corrected chi connectivity index (χ3v) is 3.44. The number of ether oxygens (including phenoxy) is 1. The smallest absolute Gasteiger partial charge is 0.322 e. The van der Waals surface area contributed by atoms with Crippen molar-refractivity contribution < 1.29 is 8.95 Å². The van der Waals surface area contributed by atoms with Crippen molar-refractivity contribution in [1.29, 1.82) is 0 Å². The molecule has 1 rings (SSSR count). The van der Waals surface area contributed by atoms with E-state index in [0.717, 1.165) is 0 Å². The molecule has 1 heterocycles. The highest BCUT2D eigenvalue weighted by Crippen LogP contribution is 2.10. The zero-order valence-electron chi connectivity index (χ0n) is 10.4. The number of aromatic nitrogens is 3. The highest BCUT2D eigenvalue weighted by molar-refractivity contribution is 7.84. The zero-order valence-corrected chi connectivity index (χ0v) is 11.2. The van der Waals surface area contributed by atoms with Crippen LogP contribution in [0.5, 0.6) is 6.01 Å². The summed E-state index contributed by atoms with van der Waals surface area (Å²) in [5, 5.41) is 5.83. The van der Waals surface area contributed by atoms with Crippen LogP contribution in [0, 0.1) is 0 Å². The predicted molar refractivity (Wildman–Crippen MR) is 67.9 cm³/mol. The van der Waals surface area contributed by atoms with E-state index in [1.807, 2.05) is 6.92 Å². The molecule has 0 aliphatic carbocycles. The lowest BCUT2D eigenvalue weighted by Gasteiger charge is -2.10. The molecule has 2 N–H and O–H groups in total. The van der Waals surface area contributed by atoms with Gasteiger partial charge in [-0.05, 0) is 6.92 Å². The molecule has 0 fully saturated rings. The summed E-state index contributed by atoms with van der Waals surface area (Å²) in [5.74, 6) is 0.822. The summed E-state index contributed by atoms with van der Waals surface area (Å²) in [6.07, 6.45) is 1.67. The van der Waals surface area contributed by atoms with Crippen LogP contribution in [0.4, 0.5) is 11.9 Å². The molecular formula is C9H17N5O2S. The summed E-state index contributed by atoms with van der Waals surface area (Å²) in [6, 6.07) is 0.233. The summed E-state index contributed by atoms with van der Waals surface area (Å²) >= 11 is 0. The van der Waals surface area contributed by atoms with Gasteiger partial charge in [0.05, 0.1) is 7.11 Å². The molecule has 0 aliphatic heterocycles. The van der Waals surface area contributed by atoms with E-state index >= 15 is 0 Å². The summed E-state index contributed by atoms with van der Waals surface area (Å²) in [7, 11) is 2.32. The molecule has 96 valence electrons. The first kappa shape index (κ1) is 13.6. The highest BCUT2D eigenvalue weighted by atomic mass is 32.2. The van der Waals surface area contributed by atoms with Crippen LogP contribution in [0.3, 0.4) is 0 Å². The van der Waals surface area contributed by atoms with E-state index in [0.29, 0.717) is 18.4 Å². The van der Waals surface area contributed by atoms with Crippen molar-refractivity contribution in [1.82, 2.24) is 15.0 Å². The topological polar surface area (TPSA) is 89.0 Å². The van der Waals surface area contributed by atoms with Gasteiger partial charge in [-0.3, -0.25) is 4.21 Å². The molecule has 0 bridgehead atoms. The summed E-state index contributed by atoms with van der Waals surface area (Å²) in [4.78, 5) is 12.1. The van der Waals surface area contributed by atoms with Crippen molar-refractivity contribution in [2.75, 3.05) is 37.6 Å². The van der Waals surface area contributed by atoms with Crippen LogP contribution in [0.25, 0.3) is 0 Å². The van der Waals surface area contributed by atoms with Gasteiger partial charge < -0.3 is 15.4 Å². The molecule has 0 amide bonds. The Morgan fingerprint density at radius 2 is 2.00 bits per heavy atom. The van der Waals surface area contributed by atoms with Gasteiger partial charge in [0.1, 0.15) is 0 Å². The van der Waals surface area contributed by atoms with Gasteiger partial charge in [-0.2, -0.15) is 15.0 Å². The number of nitrogens with zero attached hydrogens (tertiary/aromatic N) is 3. The third kappa shape index (κ3) is 4.14. The Morgan fingerprint density at radius 3 is 2.53 bits per heavy atom. The van der Waals surface area contributed by atoms with Gasteiger partial charge in [0.2, 0.25) is 11.9 Å². The fraction of sp³-hybridized carbons (Fsp3) is 0.667. The molecule has 0 radical (unpaired) electrons. The van der Waals surface area contributed by atoms with Gasteiger partial charge in [-0.1, -0.05) is 0 Å². The van der Waals surface area contributed by atoms with E-state index in [2.05, 4.69) is 25.6 Å². The molecule has 0 spiro atoms. The van der Waals surface area contributed by atoms with E-state index in [1.54, 1.807) is 13.3 Å². The van der Waals surface area contributed by atoms with Crippen molar-refractivity contribution in [3.05, 3.63) is 0 Å². The van der Waals surface area contributed by atoms with Crippen LogP contribution in [0.2, 0.25) is 0 Å². The van der Waals surface area contributed by atoms with Crippen LogP contribution >= 0.6 is 0 Å². The van der Waals surface area contributed by atoms with Gasteiger partial charge in [0.25, 0.3) is 0 Å². The fourth-order valence-corrected chi connectivity index (χ4v) is 1.31. The standard InChI is InChI=1S/C9H17N5O2S/c1-6(17(4)15)5-11-8-12-7(10-2)13-9(14-8)16-3/h6H,5H2,1-4H3,(H2,10,11,12,13,14). The van der Waals surface area contributed by atoms with Crippen molar-refractivity contribution in [2.24, 2.45) is 0 Å². The monoisotopic (exact) mass is 259 g/mol. The van der Waals surface area contributed by atoms with Crippen LogP contribution in [-0.4, -0.2) is 51.4 Å². The second kappa shape index (κ2) is 6.33. The maximum Gasteiger partial charge on any atom is 0.322 e. The number of hydrogen-bond donors (Lipinski definition) is 2. The third-order valence-electron chi connectivity index (χ3n) is 2.14. The first-order valence-electron chi connectivity index (χ1n) is 5.10. The van der Waals surface area contributed by atoms with Crippen molar-refractivity contribution in [2.45, 2.75) is 12.2 Å². The number of methoxy groups -OCH3 is 1. The van der Waals surface area contributed by atoms with Gasteiger partial charge in [0, 0.05) is 35.9 Å². The maximum absolute atomic E-state index is 11.2. The van der Waals surface area contributed by atoms with Crippen LogP contribution in [-0.2, 0) is 10.8 Å². The molecular weight excluding hydrogens is 242 g/mol. The molecule has 2 unspecified atom stereocenters. The van der Waals surface area contributed by atoms with Crippen LogP contribution in [0.15, 0.2) is 0 Å². The van der Waals surface area contributed by atoms with E-state index in [1.165, 1.54) is 7.11 Å². The number of rotatable bonds is 6. The largest absolute Gasteiger partial charge is 0.467 e. The lowest BCUT2D eigenvalue weighted by molar-refractivity contribution is 0.379. The quantitative estimate of drug-likeness (QED) is 0.749. The van der Waals surface area contributed by atoms with Crippen LogP contribution < -0.4 is 15.4 Å². The first-order chi connectivity index (χ1) is 8.06. The number of nitrogens with one attached hydrogen (secondary N) is 2. The normalized spacial score (nSPS) is 13.9. The second-order valence-corrected chi connectivity index (χ2v) is 5.21. The predicted octanol–water partition coefficient (Wildman–Crippen LogP) is 0.101. The Balaban J connectivity index is 2.73. The van der Waals surface area contributed by atoms with E-state index in [4.69, 9.17) is 4.74 Å². The molecule has 1 aromatic rings. The van der Waals surface area contributed by atoms with Crippen molar-refractivity contribution >= 4 is 22.7 Å². The van der Waals surface area contributed by atoms with Gasteiger partial charge >= 0.3 is 6.01 Å². The zero-order chi connectivity index (χ0) is 12.8. The molecule has 0 aromatic carbocycles.